The highest BCUT2D eigenvalue weighted by Gasteiger charge is 2.07. The lowest BCUT2D eigenvalue weighted by Crippen LogP contribution is -2.07. The Morgan fingerprint density at radius 2 is 1.23 bits per heavy atom. The van der Waals surface area contributed by atoms with Gasteiger partial charge in [0.1, 0.15) is 0 Å². The number of hydrogen-bond acceptors (Lipinski definition) is 7. The van der Waals surface area contributed by atoms with Gasteiger partial charge in [-0.2, -0.15) is 20.1 Å². The van der Waals surface area contributed by atoms with Crippen LogP contribution in [-0.4, -0.2) is 21.2 Å². The van der Waals surface area contributed by atoms with Crippen LogP contribution in [0.25, 0.3) is 0 Å². The van der Waals surface area contributed by atoms with Gasteiger partial charge in [-0.1, -0.05) is 65.7 Å². The molecule has 1 heterocycles. The van der Waals surface area contributed by atoms with Crippen molar-refractivity contribution in [3.05, 3.63) is 94.5 Å². The Labute approximate surface area is 189 Å². The van der Waals surface area contributed by atoms with Gasteiger partial charge in [0.25, 0.3) is 0 Å². The second kappa shape index (κ2) is 9.88. The molecule has 4 rings (SSSR count). The molecule has 0 saturated heterocycles. The predicted molar refractivity (Wildman–Crippen MR) is 127 cm³/mol. The summed E-state index contributed by atoms with van der Waals surface area (Å²) in [6.45, 7) is 0. The van der Waals surface area contributed by atoms with Crippen LogP contribution in [0.4, 0.5) is 29.2 Å². The topological polar surface area (TPSA) is 87.1 Å². The number of nitrogens with zero attached hydrogens (tertiary/aromatic N) is 4. The number of para-hydroxylation sites is 2. The van der Waals surface area contributed by atoms with Crippen LogP contribution in [0.15, 0.2) is 84.0 Å². The summed E-state index contributed by atoms with van der Waals surface area (Å²) in [6.07, 6.45) is 1.57. The van der Waals surface area contributed by atoms with Crippen LogP contribution in [0.5, 0.6) is 0 Å². The first kappa shape index (κ1) is 20.6. The van der Waals surface area contributed by atoms with Crippen LogP contribution in [0.1, 0.15) is 5.56 Å². The van der Waals surface area contributed by atoms with Crippen molar-refractivity contribution in [2.45, 2.75) is 0 Å². The van der Waals surface area contributed by atoms with Crippen molar-refractivity contribution in [1.82, 2.24) is 15.0 Å². The molecule has 4 aromatic rings. The molecule has 1 aromatic heterocycles. The van der Waals surface area contributed by atoms with Gasteiger partial charge in [0.2, 0.25) is 17.8 Å². The second-order valence-electron chi connectivity index (χ2n) is 6.32. The van der Waals surface area contributed by atoms with E-state index in [9.17, 15) is 0 Å². The number of hydrazone groups is 1. The minimum Gasteiger partial charge on any atom is -0.324 e. The lowest BCUT2D eigenvalue weighted by molar-refractivity contribution is 1.04. The van der Waals surface area contributed by atoms with Crippen LogP contribution in [0, 0.1) is 0 Å². The fourth-order valence-corrected chi connectivity index (χ4v) is 3.06. The maximum atomic E-state index is 6.18. The van der Waals surface area contributed by atoms with Crippen LogP contribution in [-0.2, 0) is 0 Å². The number of halogens is 2. The van der Waals surface area contributed by atoms with Crippen LogP contribution < -0.4 is 16.1 Å². The van der Waals surface area contributed by atoms with Crippen molar-refractivity contribution in [3.8, 4) is 0 Å². The van der Waals surface area contributed by atoms with Crippen molar-refractivity contribution < 1.29 is 0 Å². The monoisotopic (exact) mass is 449 g/mol. The zero-order valence-corrected chi connectivity index (χ0v) is 17.6. The third-order valence-corrected chi connectivity index (χ3v) is 4.59. The van der Waals surface area contributed by atoms with Gasteiger partial charge in [-0.3, -0.25) is 0 Å². The van der Waals surface area contributed by atoms with E-state index < -0.39 is 0 Å². The van der Waals surface area contributed by atoms with E-state index in [-0.39, 0.29) is 5.95 Å². The van der Waals surface area contributed by atoms with E-state index in [0.717, 1.165) is 11.4 Å². The summed E-state index contributed by atoms with van der Waals surface area (Å²) < 4.78 is 0. The standard InChI is InChI=1S/C22H17Cl2N7/c23-16-12-11-15(19(24)13-16)14-25-31-22-29-20(26-17-7-3-1-4-8-17)28-21(30-22)27-18-9-5-2-6-10-18/h1-14H,(H3,26,27,28,29,30,31)/b25-14-. The molecule has 0 saturated carbocycles. The number of hydrogen-bond donors (Lipinski definition) is 3. The maximum Gasteiger partial charge on any atom is 0.250 e. The summed E-state index contributed by atoms with van der Waals surface area (Å²) in [5.74, 6) is 0.983. The summed E-state index contributed by atoms with van der Waals surface area (Å²) in [4.78, 5) is 13.2. The first-order valence-electron chi connectivity index (χ1n) is 9.30. The van der Waals surface area contributed by atoms with Crippen molar-refractivity contribution in [2.24, 2.45) is 5.10 Å². The Kier molecular flexibility index (Phi) is 6.56. The fourth-order valence-electron chi connectivity index (χ4n) is 2.60. The molecule has 3 N–H and O–H groups in total. The maximum absolute atomic E-state index is 6.18. The molecule has 0 fully saturated rings. The van der Waals surface area contributed by atoms with Gasteiger partial charge in [0.05, 0.1) is 11.2 Å². The van der Waals surface area contributed by atoms with E-state index in [1.807, 2.05) is 60.7 Å². The molecular weight excluding hydrogens is 433 g/mol. The first-order valence-corrected chi connectivity index (χ1v) is 10.1. The molecule has 154 valence electrons. The van der Waals surface area contributed by atoms with Gasteiger partial charge in [-0.25, -0.2) is 5.43 Å². The normalized spacial score (nSPS) is 10.8. The minimum absolute atomic E-state index is 0.258. The van der Waals surface area contributed by atoms with E-state index in [1.54, 1.807) is 24.4 Å². The number of anilines is 5. The SMILES string of the molecule is Clc1ccc(/C=N\Nc2nc(Nc3ccccc3)nc(Nc3ccccc3)n2)c(Cl)c1. The summed E-state index contributed by atoms with van der Waals surface area (Å²) in [5, 5.41) is 11.6. The van der Waals surface area contributed by atoms with E-state index in [4.69, 9.17) is 23.2 Å². The highest BCUT2D eigenvalue weighted by molar-refractivity contribution is 6.36. The summed E-state index contributed by atoms with van der Waals surface area (Å²) in [6, 6.07) is 24.4. The highest BCUT2D eigenvalue weighted by Crippen LogP contribution is 2.20. The highest BCUT2D eigenvalue weighted by atomic mass is 35.5. The summed E-state index contributed by atoms with van der Waals surface area (Å²) >= 11 is 12.1. The van der Waals surface area contributed by atoms with Crippen LogP contribution in [0.2, 0.25) is 10.0 Å². The van der Waals surface area contributed by atoms with Gasteiger partial charge in [0, 0.05) is 22.0 Å². The Bertz CT molecular complexity index is 1130. The molecule has 0 unspecified atom stereocenters. The van der Waals surface area contributed by atoms with Crippen LogP contribution in [0.3, 0.4) is 0 Å². The Morgan fingerprint density at radius 1 is 0.677 bits per heavy atom. The van der Waals surface area contributed by atoms with Gasteiger partial charge in [-0.15, -0.1) is 0 Å². The minimum atomic E-state index is 0.258. The third kappa shape index (κ3) is 5.91. The molecule has 0 aliphatic heterocycles. The Balaban J connectivity index is 1.58. The molecule has 0 bridgehead atoms. The molecule has 0 aliphatic carbocycles. The number of benzene rings is 3. The van der Waals surface area contributed by atoms with Crippen molar-refractivity contribution in [1.29, 1.82) is 0 Å². The molecule has 7 nitrogen and oxygen atoms in total. The van der Waals surface area contributed by atoms with E-state index >= 15 is 0 Å². The Hall–Kier alpha value is -3.68. The number of nitrogens with one attached hydrogen (secondary N) is 3. The van der Waals surface area contributed by atoms with E-state index in [2.05, 4.69) is 36.1 Å². The predicted octanol–water partition coefficient (Wildman–Crippen LogP) is 6.11. The van der Waals surface area contributed by atoms with Gasteiger partial charge >= 0.3 is 0 Å². The van der Waals surface area contributed by atoms with Gasteiger partial charge in [0.15, 0.2) is 0 Å². The van der Waals surface area contributed by atoms with Crippen molar-refractivity contribution >= 4 is 58.6 Å². The zero-order valence-electron chi connectivity index (χ0n) is 16.1. The zero-order chi connectivity index (χ0) is 21.5. The van der Waals surface area contributed by atoms with Crippen molar-refractivity contribution in [3.63, 3.8) is 0 Å². The molecule has 9 heteroatoms. The summed E-state index contributed by atoms with van der Waals surface area (Å²) in [7, 11) is 0. The number of rotatable bonds is 7. The fraction of sp³-hybridized carbons (Fsp3) is 0. The molecule has 0 radical (unpaired) electrons. The molecule has 0 amide bonds. The lowest BCUT2D eigenvalue weighted by Gasteiger charge is -2.10. The van der Waals surface area contributed by atoms with Crippen LogP contribution >= 0.6 is 23.2 Å². The molecular formula is C22H17Cl2N7. The number of aromatic nitrogens is 3. The lowest BCUT2D eigenvalue weighted by atomic mass is 10.2. The Morgan fingerprint density at radius 3 is 1.77 bits per heavy atom. The van der Waals surface area contributed by atoms with Gasteiger partial charge in [-0.05, 0) is 36.4 Å². The largest absolute Gasteiger partial charge is 0.324 e. The molecule has 31 heavy (non-hydrogen) atoms. The van der Waals surface area contributed by atoms with Gasteiger partial charge < -0.3 is 10.6 Å². The molecule has 0 spiro atoms. The quantitative estimate of drug-likeness (QED) is 0.233. The average molecular weight is 450 g/mol. The average Bonchev–Trinajstić information content (AvgIpc) is 2.77. The summed E-state index contributed by atoms with van der Waals surface area (Å²) in [5.41, 5.74) is 5.23. The first-order chi connectivity index (χ1) is 15.2. The van der Waals surface area contributed by atoms with Crippen molar-refractivity contribution in [2.75, 3.05) is 16.1 Å². The molecule has 0 aliphatic rings. The van der Waals surface area contributed by atoms with E-state index in [0.29, 0.717) is 27.5 Å². The second-order valence-corrected chi connectivity index (χ2v) is 7.17. The molecule has 3 aromatic carbocycles. The molecule has 0 atom stereocenters. The smallest absolute Gasteiger partial charge is 0.250 e. The third-order valence-electron chi connectivity index (χ3n) is 4.03. The van der Waals surface area contributed by atoms with E-state index in [1.165, 1.54) is 0 Å².